The van der Waals surface area contributed by atoms with Crippen LogP contribution in [0.2, 0.25) is 10.0 Å². The van der Waals surface area contributed by atoms with Crippen molar-refractivity contribution in [3.63, 3.8) is 0 Å². The number of carbonyl (C=O) groups is 1. The summed E-state index contributed by atoms with van der Waals surface area (Å²) in [6.45, 7) is 2.26. The highest BCUT2D eigenvalue weighted by atomic mass is 35.5. The molecule has 0 aromatic heterocycles. The monoisotopic (exact) mass is 343 g/mol. The molecule has 0 bridgehead atoms. The van der Waals surface area contributed by atoms with Crippen molar-refractivity contribution in [2.45, 2.75) is 45.1 Å². The lowest BCUT2D eigenvalue weighted by Crippen LogP contribution is -2.32. The van der Waals surface area contributed by atoms with Crippen molar-refractivity contribution in [1.82, 2.24) is 4.90 Å². The molecule has 122 valence electrons. The second kappa shape index (κ2) is 8.76. The van der Waals surface area contributed by atoms with E-state index in [0.29, 0.717) is 22.5 Å². The van der Waals surface area contributed by atoms with Crippen LogP contribution in [0.15, 0.2) is 18.2 Å². The lowest BCUT2D eigenvalue weighted by atomic mass is 9.89. The van der Waals surface area contributed by atoms with Crippen molar-refractivity contribution < 1.29 is 9.90 Å². The van der Waals surface area contributed by atoms with Crippen LogP contribution in [0.5, 0.6) is 0 Å². The second-order valence-electron chi connectivity index (χ2n) is 6.13. The Morgan fingerprint density at radius 2 is 1.91 bits per heavy atom. The van der Waals surface area contributed by atoms with Crippen molar-refractivity contribution in [1.29, 1.82) is 0 Å². The maximum atomic E-state index is 10.9. The minimum atomic E-state index is -0.747. The lowest BCUT2D eigenvalue weighted by molar-refractivity contribution is -0.137. The van der Waals surface area contributed by atoms with E-state index in [-0.39, 0.29) is 6.42 Å². The number of rotatable bonds is 7. The van der Waals surface area contributed by atoms with Gasteiger partial charge in [-0.25, -0.2) is 0 Å². The van der Waals surface area contributed by atoms with Crippen molar-refractivity contribution >= 4 is 29.2 Å². The van der Waals surface area contributed by atoms with Crippen LogP contribution in [-0.2, 0) is 11.3 Å². The largest absolute Gasteiger partial charge is 0.481 e. The SMILES string of the molecule is O=C(O)CCN(Cc1ccc(Cl)c(Cl)c1)CC1CCCCC1. The van der Waals surface area contributed by atoms with Gasteiger partial charge in [0.25, 0.3) is 0 Å². The molecule has 0 spiro atoms. The van der Waals surface area contributed by atoms with Crippen LogP contribution in [0.3, 0.4) is 0 Å². The molecule has 22 heavy (non-hydrogen) atoms. The van der Waals surface area contributed by atoms with Crippen molar-refractivity contribution in [3.8, 4) is 0 Å². The fourth-order valence-electron chi connectivity index (χ4n) is 3.12. The van der Waals surface area contributed by atoms with E-state index in [1.165, 1.54) is 32.1 Å². The van der Waals surface area contributed by atoms with Gasteiger partial charge in [0.15, 0.2) is 0 Å². The third-order valence-electron chi connectivity index (χ3n) is 4.27. The molecule has 1 aromatic rings. The summed E-state index contributed by atoms with van der Waals surface area (Å²) in [5.41, 5.74) is 1.08. The van der Waals surface area contributed by atoms with Crippen LogP contribution in [0.4, 0.5) is 0 Å². The summed E-state index contributed by atoms with van der Waals surface area (Å²) < 4.78 is 0. The highest BCUT2D eigenvalue weighted by molar-refractivity contribution is 6.42. The van der Waals surface area contributed by atoms with E-state index >= 15 is 0 Å². The van der Waals surface area contributed by atoms with Crippen LogP contribution >= 0.6 is 23.2 Å². The van der Waals surface area contributed by atoms with E-state index < -0.39 is 5.97 Å². The van der Waals surface area contributed by atoms with Crippen LogP contribution in [0, 0.1) is 5.92 Å². The molecule has 1 N–H and O–H groups in total. The highest BCUT2D eigenvalue weighted by Crippen LogP contribution is 2.26. The number of hydrogen-bond donors (Lipinski definition) is 1. The minimum Gasteiger partial charge on any atom is -0.481 e. The Morgan fingerprint density at radius 1 is 1.18 bits per heavy atom. The summed E-state index contributed by atoms with van der Waals surface area (Å²) in [6, 6.07) is 5.64. The molecule has 3 nitrogen and oxygen atoms in total. The first-order valence-corrected chi connectivity index (χ1v) is 8.68. The quantitative estimate of drug-likeness (QED) is 0.769. The maximum absolute atomic E-state index is 10.9. The molecule has 1 aromatic carbocycles. The van der Waals surface area contributed by atoms with Gasteiger partial charge >= 0.3 is 5.97 Å². The molecule has 5 heteroatoms. The van der Waals surface area contributed by atoms with Gasteiger partial charge in [0, 0.05) is 19.6 Å². The molecule has 0 amide bonds. The summed E-state index contributed by atoms with van der Waals surface area (Å²) in [7, 11) is 0. The third-order valence-corrected chi connectivity index (χ3v) is 5.01. The number of nitrogens with zero attached hydrogens (tertiary/aromatic N) is 1. The fourth-order valence-corrected chi connectivity index (χ4v) is 3.44. The molecule has 1 aliphatic carbocycles. The van der Waals surface area contributed by atoms with Gasteiger partial charge in [-0.05, 0) is 36.5 Å². The van der Waals surface area contributed by atoms with E-state index in [2.05, 4.69) is 4.90 Å². The van der Waals surface area contributed by atoms with E-state index in [1.807, 2.05) is 12.1 Å². The van der Waals surface area contributed by atoms with Gasteiger partial charge < -0.3 is 5.11 Å². The number of carboxylic acid groups (broad SMARTS) is 1. The molecule has 1 saturated carbocycles. The Morgan fingerprint density at radius 3 is 2.55 bits per heavy atom. The Hall–Kier alpha value is -0.770. The molecule has 0 atom stereocenters. The molecule has 0 aliphatic heterocycles. The summed E-state index contributed by atoms with van der Waals surface area (Å²) in [5, 5.41) is 10.1. The van der Waals surface area contributed by atoms with Crippen molar-refractivity contribution in [3.05, 3.63) is 33.8 Å². The molecule has 0 unspecified atom stereocenters. The molecule has 0 heterocycles. The normalized spacial score (nSPS) is 16.1. The van der Waals surface area contributed by atoms with Gasteiger partial charge in [-0.1, -0.05) is 48.5 Å². The predicted octanol–water partition coefficient (Wildman–Crippen LogP) is 4.85. The first-order chi connectivity index (χ1) is 10.5. The summed E-state index contributed by atoms with van der Waals surface area (Å²) in [6.07, 6.45) is 6.61. The topological polar surface area (TPSA) is 40.5 Å². The van der Waals surface area contributed by atoms with Crippen LogP contribution < -0.4 is 0 Å². The molecule has 0 radical (unpaired) electrons. The minimum absolute atomic E-state index is 0.175. The smallest absolute Gasteiger partial charge is 0.304 e. The van der Waals surface area contributed by atoms with E-state index in [4.69, 9.17) is 28.3 Å². The lowest BCUT2D eigenvalue weighted by Gasteiger charge is -2.29. The molecule has 1 fully saturated rings. The number of aliphatic carboxylic acids is 1. The standard InChI is InChI=1S/C17H23Cl2NO2/c18-15-7-6-14(10-16(15)19)12-20(9-8-17(21)22)11-13-4-2-1-3-5-13/h6-7,10,13H,1-5,8-9,11-12H2,(H,21,22). The summed E-state index contributed by atoms with van der Waals surface area (Å²) in [5.74, 6) is -0.0619. The Balaban J connectivity index is 1.98. The predicted molar refractivity (Wildman–Crippen MR) is 90.6 cm³/mol. The number of hydrogen-bond acceptors (Lipinski definition) is 2. The zero-order valence-electron chi connectivity index (χ0n) is 12.7. The van der Waals surface area contributed by atoms with E-state index in [1.54, 1.807) is 6.07 Å². The van der Waals surface area contributed by atoms with Crippen LogP contribution in [0.1, 0.15) is 44.1 Å². The zero-order valence-corrected chi connectivity index (χ0v) is 14.2. The zero-order chi connectivity index (χ0) is 15.9. The van der Waals surface area contributed by atoms with E-state index in [0.717, 1.165) is 18.7 Å². The number of halogens is 2. The summed E-state index contributed by atoms with van der Waals surface area (Å²) in [4.78, 5) is 13.1. The van der Waals surface area contributed by atoms with Gasteiger partial charge in [-0.2, -0.15) is 0 Å². The maximum Gasteiger partial charge on any atom is 0.304 e. The average Bonchev–Trinajstić information content (AvgIpc) is 2.49. The third kappa shape index (κ3) is 5.79. The van der Waals surface area contributed by atoms with Gasteiger partial charge in [0.05, 0.1) is 16.5 Å². The first kappa shape index (κ1) is 17.6. The number of benzene rings is 1. The molecular weight excluding hydrogens is 321 g/mol. The summed E-state index contributed by atoms with van der Waals surface area (Å²) >= 11 is 12.0. The molecular formula is C17H23Cl2NO2. The Kier molecular flexibility index (Phi) is 7.00. The fraction of sp³-hybridized carbons (Fsp3) is 0.588. The van der Waals surface area contributed by atoms with Gasteiger partial charge in [0.1, 0.15) is 0 Å². The van der Waals surface area contributed by atoms with Crippen molar-refractivity contribution in [2.24, 2.45) is 5.92 Å². The average molecular weight is 344 g/mol. The van der Waals surface area contributed by atoms with Crippen molar-refractivity contribution in [2.75, 3.05) is 13.1 Å². The molecule has 0 saturated heterocycles. The molecule has 1 aliphatic rings. The molecule has 2 rings (SSSR count). The van der Waals surface area contributed by atoms with Gasteiger partial charge in [-0.3, -0.25) is 9.69 Å². The number of carboxylic acids is 1. The first-order valence-electron chi connectivity index (χ1n) is 7.92. The van der Waals surface area contributed by atoms with E-state index in [9.17, 15) is 4.79 Å². The van der Waals surface area contributed by atoms with Gasteiger partial charge in [0.2, 0.25) is 0 Å². The highest BCUT2D eigenvalue weighted by Gasteiger charge is 2.18. The second-order valence-corrected chi connectivity index (χ2v) is 6.95. The van der Waals surface area contributed by atoms with Gasteiger partial charge in [-0.15, -0.1) is 0 Å². The Bertz CT molecular complexity index is 501. The Labute approximate surface area is 142 Å². The van der Waals surface area contributed by atoms with Crippen LogP contribution in [-0.4, -0.2) is 29.1 Å². The van der Waals surface area contributed by atoms with Crippen LogP contribution in [0.25, 0.3) is 0 Å².